The Morgan fingerprint density at radius 2 is 1.95 bits per heavy atom. The molecule has 1 aromatic carbocycles. The minimum absolute atomic E-state index is 0.0571. The SMILES string of the molecule is CC1(C)CCCc2cc(I)c3ccnc(c3c2)O[C@@H]2C[C@@H](C(=O)O)N(C2)C(=O)[C@H](C2CCCC2)NC(=O)OC1. The maximum absolute atomic E-state index is 13.9. The van der Waals surface area contributed by atoms with Crippen molar-refractivity contribution >= 4 is 51.3 Å². The third kappa shape index (κ3) is 6.25. The number of pyridine rings is 1. The van der Waals surface area contributed by atoms with Crippen molar-refractivity contribution in [2.75, 3.05) is 13.2 Å². The molecule has 1 saturated carbocycles. The van der Waals surface area contributed by atoms with Crippen LogP contribution < -0.4 is 10.1 Å². The number of alkyl carbamates (subject to hydrolysis) is 1. The number of aliphatic carboxylic acids is 1. The Morgan fingerprint density at radius 1 is 1.18 bits per heavy atom. The lowest BCUT2D eigenvalue weighted by Crippen LogP contribution is -2.54. The number of rotatable bonds is 2. The number of benzene rings is 1. The molecule has 2 aliphatic heterocycles. The van der Waals surface area contributed by atoms with Crippen LogP contribution in [0, 0.1) is 14.9 Å². The smallest absolute Gasteiger partial charge is 0.407 e. The number of nitrogens with zero attached hydrogens (tertiary/aromatic N) is 2. The van der Waals surface area contributed by atoms with Crippen molar-refractivity contribution in [3.05, 3.63) is 33.5 Å². The molecule has 0 radical (unpaired) electrons. The monoisotopic (exact) mass is 649 g/mol. The number of ether oxygens (including phenoxy) is 2. The van der Waals surface area contributed by atoms with Gasteiger partial charge in [-0.05, 0) is 89.8 Å². The van der Waals surface area contributed by atoms with E-state index < -0.39 is 30.3 Å². The average Bonchev–Trinajstić information content (AvgIpc) is 3.56. The topological polar surface area (TPSA) is 118 Å². The number of hydrogen-bond acceptors (Lipinski definition) is 6. The summed E-state index contributed by atoms with van der Waals surface area (Å²) in [6, 6.07) is 4.35. The lowest BCUT2D eigenvalue weighted by Gasteiger charge is -2.31. The molecule has 9 nitrogen and oxygen atoms in total. The molecule has 10 heteroatoms. The summed E-state index contributed by atoms with van der Waals surface area (Å²) in [5.41, 5.74) is 0.915. The van der Waals surface area contributed by atoms with Gasteiger partial charge in [0.25, 0.3) is 0 Å². The summed E-state index contributed by atoms with van der Waals surface area (Å²) in [6.45, 7) is 4.48. The van der Waals surface area contributed by atoms with Crippen LogP contribution in [-0.2, 0) is 20.7 Å². The van der Waals surface area contributed by atoms with Crippen LogP contribution in [0.2, 0.25) is 0 Å². The summed E-state index contributed by atoms with van der Waals surface area (Å²) in [5.74, 6) is -1.08. The van der Waals surface area contributed by atoms with Crippen molar-refractivity contribution < 1.29 is 29.0 Å². The van der Waals surface area contributed by atoms with E-state index in [4.69, 9.17) is 9.47 Å². The van der Waals surface area contributed by atoms with Gasteiger partial charge in [0.2, 0.25) is 11.8 Å². The van der Waals surface area contributed by atoms with Crippen LogP contribution in [0.1, 0.15) is 64.4 Å². The maximum atomic E-state index is 13.9. The van der Waals surface area contributed by atoms with Gasteiger partial charge in [-0.15, -0.1) is 0 Å². The van der Waals surface area contributed by atoms with Gasteiger partial charge in [-0.25, -0.2) is 14.6 Å². The highest BCUT2D eigenvalue weighted by molar-refractivity contribution is 14.1. The Morgan fingerprint density at radius 3 is 2.69 bits per heavy atom. The average molecular weight is 650 g/mol. The van der Waals surface area contributed by atoms with E-state index >= 15 is 0 Å². The molecule has 1 aliphatic carbocycles. The van der Waals surface area contributed by atoms with Crippen molar-refractivity contribution in [3.63, 3.8) is 0 Å². The van der Waals surface area contributed by atoms with Gasteiger partial charge in [-0.2, -0.15) is 0 Å². The molecule has 3 heterocycles. The number of carboxylic acid groups (broad SMARTS) is 1. The molecule has 39 heavy (non-hydrogen) atoms. The van der Waals surface area contributed by atoms with E-state index in [1.807, 2.05) is 6.07 Å². The van der Waals surface area contributed by atoms with E-state index in [1.54, 1.807) is 6.20 Å². The Bertz CT molecular complexity index is 1260. The quantitative estimate of drug-likeness (QED) is 0.444. The highest BCUT2D eigenvalue weighted by Gasteiger charge is 2.45. The Hall–Kier alpha value is -2.63. The first-order chi connectivity index (χ1) is 18.6. The van der Waals surface area contributed by atoms with Gasteiger partial charge in [0.05, 0.1) is 13.2 Å². The molecule has 2 amide bonds. The van der Waals surface area contributed by atoms with Crippen LogP contribution in [0.5, 0.6) is 5.88 Å². The summed E-state index contributed by atoms with van der Waals surface area (Å²) in [7, 11) is 0. The molecule has 2 fully saturated rings. The molecule has 1 aromatic heterocycles. The zero-order chi connectivity index (χ0) is 27.7. The Labute approximate surface area is 242 Å². The molecule has 2 N–H and O–H groups in total. The van der Waals surface area contributed by atoms with Crippen LogP contribution in [0.3, 0.4) is 0 Å². The standard InChI is InChI=1S/C29H36IN3O6/c1-29(2)10-5-6-17-12-21-20(22(30)13-17)9-11-31-25(21)39-19-14-23(27(35)36)33(15-19)26(34)24(18-7-3-4-8-18)32-28(37)38-16-29/h9,11-13,18-19,23-24H,3-8,10,14-16H2,1-2H3,(H,32,37)(H,35,36)/t19-,23+,24+/m1/s1. The van der Waals surface area contributed by atoms with E-state index in [-0.39, 0.29) is 36.8 Å². The first-order valence-electron chi connectivity index (χ1n) is 13.8. The van der Waals surface area contributed by atoms with E-state index in [0.717, 1.165) is 64.9 Å². The molecular formula is C29H36IN3O6. The van der Waals surface area contributed by atoms with E-state index in [2.05, 4.69) is 58.9 Å². The van der Waals surface area contributed by atoms with Gasteiger partial charge < -0.3 is 24.8 Å². The number of carboxylic acids is 1. The molecule has 210 valence electrons. The van der Waals surface area contributed by atoms with Gasteiger partial charge in [-0.1, -0.05) is 26.7 Å². The minimum atomic E-state index is -1.09. The highest BCUT2D eigenvalue weighted by Crippen LogP contribution is 2.34. The maximum Gasteiger partial charge on any atom is 0.407 e. The second-order valence-corrected chi connectivity index (χ2v) is 13.0. The number of aromatic nitrogens is 1. The summed E-state index contributed by atoms with van der Waals surface area (Å²) in [6.07, 6.45) is 6.84. The van der Waals surface area contributed by atoms with E-state index in [9.17, 15) is 19.5 Å². The number of hydrogen-bond donors (Lipinski definition) is 2. The summed E-state index contributed by atoms with van der Waals surface area (Å²) in [4.78, 5) is 44.9. The molecule has 5 rings (SSSR count). The number of halogens is 1. The third-order valence-corrected chi connectivity index (χ3v) is 9.18. The van der Waals surface area contributed by atoms with Crippen molar-refractivity contribution in [1.82, 2.24) is 15.2 Å². The van der Waals surface area contributed by atoms with Gasteiger partial charge in [0.15, 0.2) is 0 Å². The van der Waals surface area contributed by atoms with Crippen LogP contribution in [0.15, 0.2) is 24.4 Å². The lowest BCUT2D eigenvalue weighted by atomic mass is 9.87. The second-order valence-electron chi connectivity index (χ2n) is 11.9. The van der Waals surface area contributed by atoms with Gasteiger partial charge >= 0.3 is 12.1 Å². The Balaban J connectivity index is 1.51. The zero-order valence-electron chi connectivity index (χ0n) is 22.5. The lowest BCUT2D eigenvalue weighted by molar-refractivity contribution is -0.149. The number of nitrogens with one attached hydrogen (secondary N) is 1. The predicted octanol–water partition coefficient (Wildman–Crippen LogP) is 4.92. The van der Waals surface area contributed by atoms with Crippen LogP contribution in [0.4, 0.5) is 4.79 Å². The molecular weight excluding hydrogens is 613 g/mol. The second kappa shape index (κ2) is 11.5. The summed E-state index contributed by atoms with van der Waals surface area (Å²) < 4.78 is 13.0. The number of carbonyl (C=O) groups excluding carboxylic acids is 2. The molecule has 3 aliphatic rings. The first kappa shape index (κ1) is 27.9. The van der Waals surface area contributed by atoms with Crippen LogP contribution >= 0.6 is 22.6 Å². The van der Waals surface area contributed by atoms with E-state index in [1.165, 1.54) is 4.90 Å². The third-order valence-electron chi connectivity index (χ3n) is 8.29. The van der Waals surface area contributed by atoms with Crippen molar-refractivity contribution in [2.45, 2.75) is 83.4 Å². The van der Waals surface area contributed by atoms with E-state index in [0.29, 0.717) is 5.88 Å². The van der Waals surface area contributed by atoms with Crippen molar-refractivity contribution in [2.24, 2.45) is 11.3 Å². The normalized spacial score (nSPS) is 26.5. The molecule has 1 saturated heterocycles. The molecule has 0 spiro atoms. The molecule has 2 aromatic rings. The van der Waals surface area contributed by atoms with Gasteiger partial charge in [0.1, 0.15) is 18.2 Å². The fourth-order valence-electron chi connectivity index (χ4n) is 6.15. The summed E-state index contributed by atoms with van der Waals surface area (Å²) in [5, 5.41) is 14.8. The van der Waals surface area contributed by atoms with Crippen LogP contribution in [0.25, 0.3) is 10.8 Å². The zero-order valence-corrected chi connectivity index (χ0v) is 24.6. The fraction of sp³-hybridized carbons (Fsp3) is 0.586. The Kier molecular flexibility index (Phi) is 8.21. The van der Waals surface area contributed by atoms with Gasteiger partial charge in [0, 0.05) is 27.0 Å². The van der Waals surface area contributed by atoms with Crippen LogP contribution in [-0.4, -0.2) is 64.3 Å². The van der Waals surface area contributed by atoms with Crippen molar-refractivity contribution in [3.8, 4) is 5.88 Å². The summed E-state index contributed by atoms with van der Waals surface area (Å²) >= 11 is 2.33. The van der Waals surface area contributed by atoms with Gasteiger partial charge in [-0.3, -0.25) is 4.79 Å². The van der Waals surface area contributed by atoms with Crippen molar-refractivity contribution in [1.29, 1.82) is 0 Å². The predicted molar refractivity (Wildman–Crippen MR) is 154 cm³/mol. The fourth-order valence-corrected chi connectivity index (χ4v) is 7.02. The highest BCUT2D eigenvalue weighted by atomic mass is 127. The number of carbonyl (C=O) groups is 3. The number of amides is 2. The molecule has 0 unspecified atom stereocenters. The number of fused-ring (bicyclic) bond motifs is 3. The number of cyclic esters (lactones) is 1. The molecule has 4 bridgehead atoms. The first-order valence-corrected chi connectivity index (χ1v) is 14.9. The minimum Gasteiger partial charge on any atom is -0.480 e. The largest absolute Gasteiger partial charge is 0.480 e. The number of aryl methyl sites for hydroxylation is 1. The molecule has 3 atom stereocenters.